The topological polar surface area (TPSA) is 58.1 Å². The van der Waals surface area contributed by atoms with Gasteiger partial charge in [0.25, 0.3) is 0 Å². The van der Waals surface area contributed by atoms with Crippen molar-refractivity contribution in [3.8, 4) is 5.75 Å². The lowest BCUT2D eigenvalue weighted by molar-refractivity contribution is 0.0268. The molecule has 0 fully saturated rings. The SMILES string of the molecule is CCNC(=NCc1ccc(OCCN(CC)CC)cc1)NCC(C)(C)OC.I. The van der Waals surface area contributed by atoms with Crippen LogP contribution in [-0.2, 0) is 11.3 Å². The first-order valence-electron chi connectivity index (χ1n) is 9.95. The van der Waals surface area contributed by atoms with Crippen molar-refractivity contribution in [3.05, 3.63) is 29.8 Å². The van der Waals surface area contributed by atoms with Crippen LogP contribution in [0.1, 0.15) is 40.2 Å². The van der Waals surface area contributed by atoms with Gasteiger partial charge >= 0.3 is 0 Å². The third-order valence-corrected chi connectivity index (χ3v) is 4.49. The second-order valence-corrected chi connectivity index (χ2v) is 7.03. The number of nitrogens with zero attached hydrogens (tertiary/aromatic N) is 2. The summed E-state index contributed by atoms with van der Waals surface area (Å²) < 4.78 is 11.3. The Morgan fingerprint density at radius 1 is 1.07 bits per heavy atom. The van der Waals surface area contributed by atoms with Gasteiger partial charge in [-0.1, -0.05) is 26.0 Å². The summed E-state index contributed by atoms with van der Waals surface area (Å²) in [6, 6.07) is 8.17. The van der Waals surface area contributed by atoms with Crippen LogP contribution in [0.25, 0.3) is 0 Å². The summed E-state index contributed by atoms with van der Waals surface area (Å²) in [5.41, 5.74) is 0.912. The van der Waals surface area contributed by atoms with Gasteiger partial charge in [-0.2, -0.15) is 0 Å². The van der Waals surface area contributed by atoms with Crippen LogP contribution in [0, 0.1) is 0 Å². The number of rotatable bonds is 12. The molecule has 7 heteroatoms. The average molecular weight is 506 g/mol. The summed E-state index contributed by atoms with van der Waals surface area (Å²) in [7, 11) is 1.72. The molecule has 1 rings (SSSR count). The van der Waals surface area contributed by atoms with E-state index in [-0.39, 0.29) is 29.6 Å². The molecule has 0 atom stereocenters. The van der Waals surface area contributed by atoms with E-state index in [0.717, 1.165) is 43.5 Å². The molecule has 1 aromatic rings. The van der Waals surface area contributed by atoms with E-state index < -0.39 is 0 Å². The number of hydrogen-bond donors (Lipinski definition) is 2. The highest BCUT2D eigenvalue weighted by atomic mass is 127. The first kappa shape index (κ1) is 26.9. The van der Waals surface area contributed by atoms with Gasteiger partial charge in [-0.25, -0.2) is 4.99 Å². The van der Waals surface area contributed by atoms with Gasteiger partial charge in [-0.15, -0.1) is 24.0 Å². The van der Waals surface area contributed by atoms with Gasteiger partial charge in [-0.3, -0.25) is 0 Å². The third kappa shape index (κ3) is 11.1. The number of benzene rings is 1. The summed E-state index contributed by atoms with van der Waals surface area (Å²) in [5.74, 6) is 1.70. The predicted molar refractivity (Wildman–Crippen MR) is 129 cm³/mol. The molecule has 0 radical (unpaired) electrons. The van der Waals surface area contributed by atoms with Crippen molar-refractivity contribution in [2.24, 2.45) is 4.99 Å². The minimum atomic E-state index is -0.236. The van der Waals surface area contributed by atoms with E-state index in [1.165, 1.54) is 0 Å². The Hall–Kier alpha value is -1.06. The molecular weight excluding hydrogens is 467 g/mol. The van der Waals surface area contributed by atoms with Crippen LogP contribution in [0.2, 0.25) is 0 Å². The van der Waals surface area contributed by atoms with Gasteiger partial charge in [0.05, 0.1) is 12.1 Å². The summed E-state index contributed by atoms with van der Waals surface area (Å²) in [5, 5.41) is 6.59. The molecule has 0 unspecified atom stereocenters. The molecule has 0 aliphatic carbocycles. The van der Waals surface area contributed by atoms with E-state index in [2.05, 4.69) is 53.4 Å². The van der Waals surface area contributed by atoms with Crippen molar-refractivity contribution < 1.29 is 9.47 Å². The van der Waals surface area contributed by atoms with E-state index >= 15 is 0 Å². The Bertz CT molecular complexity index is 546. The van der Waals surface area contributed by atoms with Gasteiger partial charge in [0, 0.05) is 26.7 Å². The molecular formula is C21H39IN4O2. The highest BCUT2D eigenvalue weighted by Gasteiger charge is 2.16. The molecule has 0 saturated heterocycles. The molecule has 28 heavy (non-hydrogen) atoms. The molecule has 0 bridgehead atoms. The number of likely N-dealkylation sites (N-methyl/N-ethyl adjacent to an activating group) is 1. The maximum atomic E-state index is 5.83. The van der Waals surface area contributed by atoms with Gasteiger partial charge < -0.3 is 25.0 Å². The highest BCUT2D eigenvalue weighted by molar-refractivity contribution is 14.0. The van der Waals surface area contributed by atoms with Crippen molar-refractivity contribution >= 4 is 29.9 Å². The number of hydrogen-bond acceptors (Lipinski definition) is 4. The molecule has 162 valence electrons. The lowest BCUT2D eigenvalue weighted by Gasteiger charge is -2.24. The number of methoxy groups -OCH3 is 1. The van der Waals surface area contributed by atoms with Crippen LogP contribution in [0.15, 0.2) is 29.3 Å². The molecule has 0 heterocycles. The standard InChI is InChI=1S/C21H38N4O2.HI/c1-7-22-20(24-17-21(4,5)26-6)23-16-18-10-12-19(13-11-18)27-15-14-25(8-2)9-3;/h10-13H,7-9,14-17H2,1-6H3,(H2,22,23,24);1H. The first-order chi connectivity index (χ1) is 12.9. The van der Waals surface area contributed by atoms with Crippen molar-refractivity contribution in [3.63, 3.8) is 0 Å². The van der Waals surface area contributed by atoms with Crippen molar-refractivity contribution in [1.29, 1.82) is 0 Å². The van der Waals surface area contributed by atoms with Crippen molar-refractivity contribution in [2.45, 2.75) is 46.8 Å². The minimum Gasteiger partial charge on any atom is -0.492 e. The maximum absolute atomic E-state index is 5.83. The molecule has 0 aromatic heterocycles. The van der Waals surface area contributed by atoms with E-state index in [1.807, 2.05) is 26.0 Å². The van der Waals surface area contributed by atoms with E-state index in [1.54, 1.807) is 7.11 Å². The van der Waals surface area contributed by atoms with Crippen molar-refractivity contribution in [1.82, 2.24) is 15.5 Å². The first-order valence-corrected chi connectivity index (χ1v) is 9.95. The molecule has 1 aromatic carbocycles. The smallest absolute Gasteiger partial charge is 0.191 e. The fourth-order valence-electron chi connectivity index (χ4n) is 2.40. The molecule has 0 aliphatic heterocycles. The van der Waals surface area contributed by atoms with Crippen molar-refractivity contribution in [2.75, 3.05) is 46.4 Å². The summed E-state index contributed by atoms with van der Waals surface area (Å²) >= 11 is 0. The van der Waals surface area contributed by atoms with Gasteiger partial charge in [0.15, 0.2) is 5.96 Å². The zero-order chi connectivity index (χ0) is 20.1. The number of ether oxygens (including phenoxy) is 2. The highest BCUT2D eigenvalue weighted by Crippen LogP contribution is 2.13. The average Bonchev–Trinajstić information content (AvgIpc) is 2.68. The van der Waals surface area contributed by atoms with Crippen LogP contribution in [-0.4, -0.2) is 62.9 Å². The maximum Gasteiger partial charge on any atom is 0.191 e. The molecule has 6 nitrogen and oxygen atoms in total. The van der Waals surface area contributed by atoms with Crippen LogP contribution in [0.3, 0.4) is 0 Å². The van der Waals surface area contributed by atoms with Gasteiger partial charge in [0.2, 0.25) is 0 Å². The Morgan fingerprint density at radius 2 is 1.71 bits per heavy atom. The lowest BCUT2D eigenvalue weighted by atomic mass is 10.1. The van der Waals surface area contributed by atoms with Gasteiger partial charge in [0.1, 0.15) is 12.4 Å². The molecule has 0 spiro atoms. The molecule has 0 saturated carbocycles. The van der Waals surface area contributed by atoms with Crippen LogP contribution in [0.5, 0.6) is 5.75 Å². The number of halogens is 1. The van der Waals surface area contributed by atoms with E-state index in [0.29, 0.717) is 19.7 Å². The van der Waals surface area contributed by atoms with Crippen LogP contribution < -0.4 is 15.4 Å². The molecule has 0 amide bonds. The monoisotopic (exact) mass is 506 g/mol. The zero-order valence-corrected chi connectivity index (χ0v) is 20.7. The third-order valence-electron chi connectivity index (χ3n) is 4.49. The zero-order valence-electron chi connectivity index (χ0n) is 18.4. The second kappa shape index (κ2) is 14.9. The summed E-state index contributed by atoms with van der Waals surface area (Å²) in [6.45, 7) is 16.4. The summed E-state index contributed by atoms with van der Waals surface area (Å²) in [4.78, 5) is 7.00. The number of guanidine groups is 1. The Labute approximate surface area is 188 Å². The number of nitrogens with one attached hydrogen (secondary N) is 2. The van der Waals surface area contributed by atoms with E-state index in [9.17, 15) is 0 Å². The lowest BCUT2D eigenvalue weighted by Crippen LogP contribution is -2.45. The normalized spacial score (nSPS) is 11.9. The Kier molecular flexibility index (Phi) is 14.3. The van der Waals surface area contributed by atoms with Crippen LogP contribution >= 0.6 is 24.0 Å². The molecule has 0 aliphatic rings. The Morgan fingerprint density at radius 3 is 2.25 bits per heavy atom. The molecule has 2 N–H and O–H groups in total. The van der Waals surface area contributed by atoms with Crippen LogP contribution in [0.4, 0.5) is 0 Å². The minimum absolute atomic E-state index is 0. The number of aliphatic imine (C=N–C) groups is 1. The van der Waals surface area contributed by atoms with Gasteiger partial charge in [-0.05, 0) is 51.6 Å². The summed E-state index contributed by atoms with van der Waals surface area (Å²) in [6.07, 6.45) is 0. The Balaban J connectivity index is 0.00000729. The largest absolute Gasteiger partial charge is 0.492 e. The quantitative estimate of drug-likeness (QED) is 0.258. The fourth-order valence-corrected chi connectivity index (χ4v) is 2.40. The predicted octanol–water partition coefficient (Wildman–Crippen LogP) is 3.51. The fraction of sp³-hybridized carbons (Fsp3) is 0.667. The van der Waals surface area contributed by atoms with E-state index in [4.69, 9.17) is 9.47 Å². The second-order valence-electron chi connectivity index (χ2n) is 7.03.